The number of para-hydroxylation sites is 1. The van der Waals surface area contributed by atoms with E-state index in [0.29, 0.717) is 23.8 Å². The van der Waals surface area contributed by atoms with Gasteiger partial charge < -0.3 is 4.74 Å². The number of ether oxygens (including phenoxy) is 1. The third-order valence-corrected chi connectivity index (χ3v) is 4.47. The highest BCUT2D eigenvalue weighted by atomic mass is 32.2. The second-order valence-corrected chi connectivity index (χ2v) is 5.76. The third-order valence-electron chi connectivity index (χ3n) is 3.18. The van der Waals surface area contributed by atoms with Gasteiger partial charge in [-0.2, -0.15) is 4.52 Å². The van der Waals surface area contributed by atoms with Gasteiger partial charge in [0.25, 0.3) is 0 Å². The normalized spacial score (nSPS) is 12.6. The Hall–Kier alpha value is -2.22. The van der Waals surface area contributed by atoms with Crippen LogP contribution < -0.4 is 0 Å². The monoisotopic (exact) mass is 317 g/mol. The smallest absolute Gasteiger partial charge is 0.319 e. The molecular weight excluding hydrogens is 302 g/mol. The van der Waals surface area contributed by atoms with Crippen molar-refractivity contribution in [2.45, 2.75) is 30.7 Å². The molecule has 1 aromatic carbocycles. The molecule has 0 bridgehead atoms. The Morgan fingerprint density at radius 3 is 2.95 bits per heavy atom. The van der Waals surface area contributed by atoms with Gasteiger partial charge in [0.1, 0.15) is 5.25 Å². The molecule has 0 radical (unpaired) electrons. The average Bonchev–Trinajstić information content (AvgIpc) is 3.02. The molecule has 0 aliphatic rings. The Morgan fingerprint density at radius 2 is 2.18 bits per heavy atom. The number of rotatable bonds is 5. The lowest BCUT2D eigenvalue weighted by molar-refractivity contribution is -0.142. The molecule has 0 amide bonds. The number of nitrogens with zero attached hydrogens (tertiary/aromatic N) is 5. The van der Waals surface area contributed by atoms with Crippen molar-refractivity contribution in [3.63, 3.8) is 0 Å². The molecule has 3 rings (SSSR count). The molecular formula is C14H15N5O2S. The highest BCUT2D eigenvalue weighted by molar-refractivity contribution is 8.00. The molecule has 8 heteroatoms. The fraction of sp³-hybridized carbons (Fsp3) is 0.357. The number of carbonyl (C=O) groups is 1. The van der Waals surface area contributed by atoms with Crippen LogP contribution in [-0.2, 0) is 9.53 Å². The van der Waals surface area contributed by atoms with E-state index in [9.17, 15) is 4.79 Å². The molecule has 7 nitrogen and oxygen atoms in total. The first-order valence-corrected chi connectivity index (χ1v) is 7.92. The largest absolute Gasteiger partial charge is 0.465 e. The lowest BCUT2D eigenvalue weighted by atomic mass is 10.2. The first kappa shape index (κ1) is 14.7. The number of fused-ring (bicyclic) bond motifs is 3. The van der Waals surface area contributed by atoms with Gasteiger partial charge in [0.15, 0.2) is 10.8 Å². The van der Waals surface area contributed by atoms with Crippen molar-refractivity contribution >= 4 is 34.3 Å². The minimum atomic E-state index is -0.332. The van der Waals surface area contributed by atoms with E-state index in [1.807, 2.05) is 31.2 Å². The Bertz CT molecular complexity index is 819. The summed E-state index contributed by atoms with van der Waals surface area (Å²) in [4.78, 5) is 16.6. The topological polar surface area (TPSA) is 82.3 Å². The predicted octanol–water partition coefficient (Wildman–Crippen LogP) is 2.11. The highest BCUT2D eigenvalue weighted by Crippen LogP contribution is 2.27. The molecule has 0 aliphatic carbocycles. The van der Waals surface area contributed by atoms with Crippen molar-refractivity contribution in [1.29, 1.82) is 0 Å². The SMILES string of the molecule is CCOC(=O)C(CC)Sc1nc2ccccc2c2nnnn12. The van der Waals surface area contributed by atoms with Crippen LogP contribution in [0.4, 0.5) is 0 Å². The number of hydrogen-bond donors (Lipinski definition) is 0. The molecule has 0 saturated heterocycles. The lowest BCUT2D eigenvalue weighted by Gasteiger charge is -2.13. The molecule has 0 saturated carbocycles. The van der Waals surface area contributed by atoms with Crippen LogP contribution in [0.1, 0.15) is 20.3 Å². The van der Waals surface area contributed by atoms with Gasteiger partial charge in [0, 0.05) is 5.39 Å². The van der Waals surface area contributed by atoms with E-state index in [1.54, 1.807) is 11.4 Å². The number of thioether (sulfide) groups is 1. The summed E-state index contributed by atoms with van der Waals surface area (Å²) in [6.45, 7) is 4.09. The lowest BCUT2D eigenvalue weighted by Crippen LogP contribution is -2.20. The maximum atomic E-state index is 12.0. The van der Waals surface area contributed by atoms with E-state index in [2.05, 4.69) is 20.5 Å². The van der Waals surface area contributed by atoms with Crippen LogP contribution in [0.5, 0.6) is 0 Å². The predicted molar refractivity (Wildman–Crippen MR) is 82.7 cm³/mol. The number of hydrogen-bond acceptors (Lipinski definition) is 7. The molecule has 1 unspecified atom stereocenters. The summed E-state index contributed by atoms with van der Waals surface area (Å²) in [5.41, 5.74) is 1.43. The number of aromatic nitrogens is 5. The van der Waals surface area contributed by atoms with Crippen molar-refractivity contribution in [2.24, 2.45) is 0 Å². The van der Waals surface area contributed by atoms with Crippen molar-refractivity contribution < 1.29 is 9.53 Å². The summed E-state index contributed by atoms with van der Waals surface area (Å²) in [5.74, 6) is -0.244. The molecule has 2 heterocycles. The van der Waals surface area contributed by atoms with Gasteiger partial charge in [-0.05, 0) is 35.9 Å². The van der Waals surface area contributed by atoms with Gasteiger partial charge in [-0.1, -0.05) is 30.8 Å². The Labute approximate surface area is 131 Å². The van der Waals surface area contributed by atoms with Gasteiger partial charge >= 0.3 is 5.97 Å². The zero-order chi connectivity index (χ0) is 15.5. The fourth-order valence-electron chi connectivity index (χ4n) is 2.13. The van der Waals surface area contributed by atoms with E-state index in [0.717, 1.165) is 10.9 Å². The molecule has 2 aromatic heterocycles. The first-order valence-electron chi connectivity index (χ1n) is 7.04. The zero-order valence-corrected chi connectivity index (χ0v) is 13.1. The van der Waals surface area contributed by atoms with E-state index in [-0.39, 0.29) is 11.2 Å². The standard InChI is InChI=1S/C14H15N5O2S/c1-3-11(13(20)21-4-2)22-14-15-10-8-6-5-7-9(10)12-16-17-18-19(12)14/h5-8,11H,3-4H2,1-2H3. The molecule has 0 fully saturated rings. The van der Waals surface area contributed by atoms with Crippen LogP contribution in [0.2, 0.25) is 0 Å². The first-order chi connectivity index (χ1) is 10.7. The Morgan fingerprint density at radius 1 is 1.36 bits per heavy atom. The van der Waals surface area contributed by atoms with E-state index in [1.165, 1.54) is 11.8 Å². The van der Waals surface area contributed by atoms with Gasteiger partial charge in [-0.3, -0.25) is 4.79 Å². The Balaban J connectivity index is 2.05. The average molecular weight is 317 g/mol. The molecule has 114 valence electrons. The van der Waals surface area contributed by atoms with Gasteiger partial charge in [0.2, 0.25) is 0 Å². The van der Waals surface area contributed by atoms with Crippen molar-refractivity contribution in [2.75, 3.05) is 6.61 Å². The van der Waals surface area contributed by atoms with Crippen LogP contribution in [-0.4, -0.2) is 42.9 Å². The Kier molecular flexibility index (Phi) is 4.19. The molecule has 1 atom stereocenters. The van der Waals surface area contributed by atoms with Gasteiger partial charge in [-0.25, -0.2) is 4.98 Å². The van der Waals surface area contributed by atoms with Crippen molar-refractivity contribution in [3.8, 4) is 0 Å². The third kappa shape index (κ3) is 2.61. The zero-order valence-electron chi connectivity index (χ0n) is 12.3. The second-order valence-electron chi connectivity index (χ2n) is 4.59. The number of carbonyl (C=O) groups excluding carboxylic acids is 1. The summed E-state index contributed by atoms with van der Waals surface area (Å²) in [5, 5.41) is 12.9. The van der Waals surface area contributed by atoms with Crippen molar-refractivity contribution in [3.05, 3.63) is 24.3 Å². The van der Waals surface area contributed by atoms with Crippen LogP contribution in [0.25, 0.3) is 16.6 Å². The van der Waals surface area contributed by atoms with Crippen LogP contribution in [0, 0.1) is 0 Å². The molecule has 22 heavy (non-hydrogen) atoms. The van der Waals surface area contributed by atoms with Crippen LogP contribution in [0.3, 0.4) is 0 Å². The van der Waals surface area contributed by atoms with Crippen LogP contribution >= 0.6 is 11.8 Å². The summed E-state index contributed by atoms with van der Waals surface area (Å²) in [7, 11) is 0. The van der Waals surface area contributed by atoms with E-state index < -0.39 is 0 Å². The summed E-state index contributed by atoms with van der Waals surface area (Å²) < 4.78 is 6.66. The maximum Gasteiger partial charge on any atom is 0.319 e. The summed E-state index contributed by atoms with van der Waals surface area (Å²) >= 11 is 1.32. The highest BCUT2D eigenvalue weighted by Gasteiger charge is 2.22. The minimum Gasteiger partial charge on any atom is -0.465 e. The molecule has 0 N–H and O–H groups in total. The molecule has 0 spiro atoms. The van der Waals surface area contributed by atoms with Crippen molar-refractivity contribution in [1.82, 2.24) is 25.0 Å². The molecule has 3 aromatic rings. The number of esters is 1. The fourth-order valence-corrected chi connectivity index (χ4v) is 3.09. The second kappa shape index (κ2) is 6.27. The number of benzene rings is 1. The van der Waals surface area contributed by atoms with Crippen LogP contribution in [0.15, 0.2) is 29.4 Å². The van der Waals surface area contributed by atoms with E-state index in [4.69, 9.17) is 4.74 Å². The van der Waals surface area contributed by atoms with Gasteiger partial charge in [0.05, 0.1) is 12.1 Å². The summed E-state index contributed by atoms with van der Waals surface area (Å²) in [6.07, 6.45) is 0.641. The quantitative estimate of drug-likeness (QED) is 0.405. The number of tetrazole rings is 1. The summed E-state index contributed by atoms with van der Waals surface area (Å²) in [6, 6.07) is 7.65. The minimum absolute atomic E-state index is 0.244. The maximum absolute atomic E-state index is 12.0. The van der Waals surface area contributed by atoms with E-state index >= 15 is 0 Å². The molecule has 0 aliphatic heterocycles. The van der Waals surface area contributed by atoms with Gasteiger partial charge in [-0.15, -0.1) is 5.10 Å².